The summed E-state index contributed by atoms with van der Waals surface area (Å²) < 4.78 is 10.3. The first-order valence-corrected chi connectivity index (χ1v) is 6.96. The molecule has 0 aliphatic carbocycles. The summed E-state index contributed by atoms with van der Waals surface area (Å²) >= 11 is 0. The number of rotatable bonds is 6. The minimum Gasteiger partial charge on any atom is -0.383 e. The van der Waals surface area contributed by atoms with Crippen LogP contribution < -0.4 is 5.32 Å². The number of nitrogens with zero attached hydrogens (tertiary/aromatic N) is 3. The number of carbonyl (C=O) groups excluding carboxylic acids is 1. The van der Waals surface area contributed by atoms with E-state index >= 15 is 0 Å². The Hall–Kier alpha value is -2.41. The van der Waals surface area contributed by atoms with Gasteiger partial charge in [-0.25, -0.2) is 4.79 Å². The lowest BCUT2D eigenvalue weighted by molar-refractivity contribution is 0.160. The lowest BCUT2D eigenvalue weighted by atomic mass is 10.2. The summed E-state index contributed by atoms with van der Waals surface area (Å²) in [5.41, 5.74) is 1.64. The van der Waals surface area contributed by atoms with Gasteiger partial charge >= 0.3 is 6.03 Å². The van der Waals surface area contributed by atoms with Crippen LogP contribution in [-0.4, -0.2) is 47.9 Å². The second kappa shape index (κ2) is 7.56. The molecule has 7 heteroatoms. The van der Waals surface area contributed by atoms with Gasteiger partial charge in [0.1, 0.15) is 5.69 Å². The van der Waals surface area contributed by atoms with Gasteiger partial charge < -0.3 is 19.5 Å². The normalized spacial score (nSPS) is 12.0. The van der Waals surface area contributed by atoms with E-state index in [9.17, 15) is 4.79 Å². The predicted octanol–water partition coefficient (Wildman–Crippen LogP) is 1.91. The summed E-state index contributed by atoms with van der Waals surface area (Å²) in [7, 11) is 3.30. The van der Waals surface area contributed by atoms with Gasteiger partial charge in [0.2, 0.25) is 0 Å². The summed E-state index contributed by atoms with van der Waals surface area (Å²) in [5.74, 6) is 0.615. The fourth-order valence-electron chi connectivity index (χ4n) is 1.96. The molecule has 0 aromatic carbocycles. The molecule has 2 aromatic rings. The average Bonchev–Trinajstić information content (AvgIpc) is 2.96. The first-order valence-electron chi connectivity index (χ1n) is 6.96. The molecule has 2 heterocycles. The molecule has 0 radical (unpaired) electrons. The summed E-state index contributed by atoms with van der Waals surface area (Å²) in [5, 5.41) is 6.84. The van der Waals surface area contributed by atoms with Crippen LogP contribution >= 0.6 is 0 Å². The van der Waals surface area contributed by atoms with Crippen molar-refractivity contribution in [3.8, 4) is 11.3 Å². The van der Waals surface area contributed by atoms with Gasteiger partial charge in [0.25, 0.3) is 0 Å². The number of nitrogens with one attached hydrogen (secondary N) is 1. The lowest BCUT2D eigenvalue weighted by Crippen LogP contribution is -2.43. The predicted molar refractivity (Wildman–Crippen MR) is 81.1 cm³/mol. The SMILES string of the molecule is COC[C@H](C)NC(=O)N(C)Cc1cc(-c2ccncc2)no1. The Balaban J connectivity index is 1.93. The van der Waals surface area contributed by atoms with Crippen molar-refractivity contribution in [3.63, 3.8) is 0 Å². The van der Waals surface area contributed by atoms with Crippen LogP contribution in [0, 0.1) is 0 Å². The van der Waals surface area contributed by atoms with Crippen molar-refractivity contribution >= 4 is 6.03 Å². The highest BCUT2D eigenvalue weighted by Gasteiger charge is 2.15. The number of hydrogen-bond donors (Lipinski definition) is 1. The maximum atomic E-state index is 12.0. The second-order valence-corrected chi connectivity index (χ2v) is 5.08. The van der Waals surface area contributed by atoms with E-state index in [1.807, 2.05) is 25.1 Å². The van der Waals surface area contributed by atoms with E-state index in [0.29, 0.717) is 18.9 Å². The number of ether oxygens (including phenoxy) is 1. The fraction of sp³-hybridized carbons (Fsp3) is 0.400. The van der Waals surface area contributed by atoms with Gasteiger partial charge in [-0.05, 0) is 19.1 Å². The van der Waals surface area contributed by atoms with Crippen LogP contribution in [0.3, 0.4) is 0 Å². The highest BCUT2D eigenvalue weighted by molar-refractivity contribution is 5.74. The van der Waals surface area contributed by atoms with Crippen molar-refractivity contribution in [1.29, 1.82) is 0 Å². The quantitative estimate of drug-likeness (QED) is 0.881. The van der Waals surface area contributed by atoms with Crippen LogP contribution in [0.15, 0.2) is 35.1 Å². The van der Waals surface area contributed by atoms with Crippen LogP contribution in [0.2, 0.25) is 0 Å². The highest BCUT2D eigenvalue weighted by atomic mass is 16.5. The van der Waals surface area contributed by atoms with Gasteiger partial charge in [0, 0.05) is 38.2 Å². The topological polar surface area (TPSA) is 80.5 Å². The van der Waals surface area contributed by atoms with Crippen molar-refractivity contribution in [1.82, 2.24) is 20.4 Å². The molecule has 2 rings (SSSR count). The van der Waals surface area contributed by atoms with Gasteiger partial charge in [-0.1, -0.05) is 5.16 Å². The van der Waals surface area contributed by atoms with E-state index in [1.54, 1.807) is 26.6 Å². The summed E-state index contributed by atoms with van der Waals surface area (Å²) in [6.07, 6.45) is 3.39. The van der Waals surface area contributed by atoms with Crippen molar-refractivity contribution in [2.24, 2.45) is 0 Å². The van der Waals surface area contributed by atoms with Crippen LogP contribution in [0.4, 0.5) is 4.79 Å². The third kappa shape index (κ3) is 4.29. The number of pyridine rings is 1. The van der Waals surface area contributed by atoms with Gasteiger partial charge in [-0.15, -0.1) is 0 Å². The zero-order chi connectivity index (χ0) is 15.9. The summed E-state index contributed by atoms with van der Waals surface area (Å²) in [6.45, 7) is 2.68. The van der Waals surface area contributed by atoms with Gasteiger partial charge in [0.15, 0.2) is 5.76 Å². The van der Waals surface area contributed by atoms with Crippen molar-refractivity contribution in [2.75, 3.05) is 20.8 Å². The highest BCUT2D eigenvalue weighted by Crippen LogP contribution is 2.18. The molecule has 0 aliphatic rings. The maximum Gasteiger partial charge on any atom is 0.317 e. The smallest absolute Gasteiger partial charge is 0.317 e. The zero-order valence-corrected chi connectivity index (χ0v) is 12.9. The number of aromatic nitrogens is 2. The largest absolute Gasteiger partial charge is 0.383 e. The standard InChI is InChI=1S/C15H20N4O3/c1-11(10-21-3)17-15(20)19(2)9-13-8-14(18-22-13)12-4-6-16-7-5-12/h4-8,11H,9-10H2,1-3H3,(H,17,20)/t11-/m0/s1. The number of hydrogen-bond acceptors (Lipinski definition) is 5. The van der Waals surface area contributed by atoms with Crippen molar-refractivity contribution in [3.05, 3.63) is 36.4 Å². The molecular formula is C15H20N4O3. The number of methoxy groups -OCH3 is 1. The number of amides is 2. The van der Waals surface area contributed by atoms with Crippen LogP contribution in [0.5, 0.6) is 0 Å². The first-order chi connectivity index (χ1) is 10.6. The first kappa shape index (κ1) is 16.0. The molecule has 0 fully saturated rings. The molecule has 22 heavy (non-hydrogen) atoms. The van der Waals surface area contributed by atoms with E-state index in [0.717, 1.165) is 11.3 Å². The number of urea groups is 1. The van der Waals surface area contributed by atoms with E-state index in [1.165, 1.54) is 4.90 Å². The third-order valence-electron chi connectivity index (χ3n) is 3.06. The lowest BCUT2D eigenvalue weighted by Gasteiger charge is -2.19. The maximum absolute atomic E-state index is 12.0. The Morgan fingerprint density at radius 1 is 1.45 bits per heavy atom. The fourth-order valence-corrected chi connectivity index (χ4v) is 1.96. The van der Waals surface area contributed by atoms with Crippen molar-refractivity contribution < 1.29 is 14.1 Å². The Kier molecular flexibility index (Phi) is 5.48. The van der Waals surface area contributed by atoms with Crippen LogP contribution in [-0.2, 0) is 11.3 Å². The average molecular weight is 304 g/mol. The van der Waals surface area contributed by atoms with Gasteiger partial charge in [-0.3, -0.25) is 4.98 Å². The van der Waals surface area contributed by atoms with Gasteiger partial charge in [0.05, 0.1) is 19.2 Å². The van der Waals surface area contributed by atoms with E-state index < -0.39 is 0 Å². The Morgan fingerprint density at radius 2 is 2.18 bits per heavy atom. The third-order valence-corrected chi connectivity index (χ3v) is 3.06. The molecule has 0 spiro atoms. The minimum absolute atomic E-state index is 0.0537. The molecule has 0 aliphatic heterocycles. The van der Waals surface area contributed by atoms with E-state index in [2.05, 4.69) is 15.5 Å². The molecule has 0 unspecified atom stereocenters. The van der Waals surface area contributed by atoms with Gasteiger partial charge in [-0.2, -0.15) is 0 Å². The summed E-state index contributed by atoms with van der Waals surface area (Å²) in [6, 6.07) is 5.28. The molecule has 0 saturated carbocycles. The van der Waals surface area contributed by atoms with Crippen LogP contribution in [0.25, 0.3) is 11.3 Å². The number of carbonyl (C=O) groups is 1. The Labute approximate surface area is 129 Å². The Morgan fingerprint density at radius 3 is 2.86 bits per heavy atom. The molecule has 2 aromatic heterocycles. The van der Waals surface area contributed by atoms with Crippen molar-refractivity contribution in [2.45, 2.75) is 19.5 Å². The molecule has 118 valence electrons. The molecule has 0 bridgehead atoms. The zero-order valence-electron chi connectivity index (χ0n) is 12.9. The van der Waals surface area contributed by atoms with Crippen LogP contribution in [0.1, 0.15) is 12.7 Å². The molecule has 7 nitrogen and oxygen atoms in total. The second-order valence-electron chi connectivity index (χ2n) is 5.08. The molecule has 1 N–H and O–H groups in total. The summed E-state index contributed by atoms with van der Waals surface area (Å²) in [4.78, 5) is 17.5. The van der Waals surface area contributed by atoms with E-state index in [-0.39, 0.29) is 12.1 Å². The molecular weight excluding hydrogens is 284 g/mol. The van der Waals surface area contributed by atoms with E-state index in [4.69, 9.17) is 9.26 Å². The minimum atomic E-state index is -0.189. The molecule has 2 amide bonds. The Bertz CT molecular complexity index is 600. The molecule has 1 atom stereocenters. The molecule has 0 saturated heterocycles. The monoisotopic (exact) mass is 304 g/mol.